The SMILES string of the molecule is [B]P1(=O)OC[C@H]2O[C@@H](n3cnc4c(NC(=O)c5ccccc5)ncnc43)[C@H](F)[C@@H]2OP(O)(=S)OC[C@H]2O[C@@H](n3cnc4c(=O)[nH]c(NC(=O)C(C)C)nc43)[C@H](F)[C@@H]2O1. The first-order valence-electron chi connectivity index (χ1n) is 17.4. The molecular formula is C31H31BF2N10O11P2S. The van der Waals surface area contributed by atoms with Crippen LogP contribution in [-0.4, -0.2) is 113 Å². The Labute approximate surface area is 331 Å². The number of ether oxygens (including phenoxy) is 2. The lowest BCUT2D eigenvalue weighted by atomic mass is 10.1. The van der Waals surface area contributed by atoms with Gasteiger partial charge in [0, 0.05) is 11.5 Å². The summed E-state index contributed by atoms with van der Waals surface area (Å²) in [7, 11) is 1.18. The van der Waals surface area contributed by atoms with E-state index in [1.165, 1.54) is 10.9 Å². The zero-order valence-corrected chi connectivity index (χ0v) is 32.6. The normalized spacial score (nSPS) is 31.7. The number of nitrogens with zero attached hydrogens (tertiary/aromatic N) is 7. The third-order valence-corrected chi connectivity index (χ3v) is 11.9. The highest BCUT2D eigenvalue weighted by atomic mass is 32.5. The standard InChI is InChI=1S/C31H31BF2N10O11P2S/c1-13(2)26(45)41-31-40-25-20(28(47)42-31)38-12-44(25)30-17(33)21-16(53-30)9-51-57(49,58)55-22-15(8-50-56(32,48)54-21)52-29(18(22)34)43-11-37-19-23(35-10-36-24(19)43)39-27(46)14-6-4-3-5-7-14/h3-7,10-13,15-18,21-22,29-30H,8-9H2,1-2H3,(H,49,58)(H,35,36,39,46)(H2,40,41,42,45,47)/t15-,16-,17-,18-,21-,22-,29-,30-,56?,57?/m1/s1. The summed E-state index contributed by atoms with van der Waals surface area (Å²) in [4.78, 5) is 72.1. The van der Waals surface area contributed by atoms with Crippen molar-refractivity contribution in [3.8, 4) is 0 Å². The Hall–Kier alpha value is -4.42. The van der Waals surface area contributed by atoms with E-state index in [-0.39, 0.29) is 34.1 Å². The van der Waals surface area contributed by atoms with E-state index in [0.717, 1.165) is 17.2 Å². The van der Waals surface area contributed by atoms with Crippen LogP contribution in [0, 0.1) is 5.92 Å². The van der Waals surface area contributed by atoms with Crippen molar-refractivity contribution >= 4 is 79.5 Å². The molecule has 4 aromatic heterocycles. The van der Waals surface area contributed by atoms with Crippen molar-refractivity contribution in [3.05, 3.63) is 65.2 Å². The second-order valence-electron chi connectivity index (χ2n) is 13.5. The Morgan fingerprint density at radius 2 is 1.55 bits per heavy atom. The van der Waals surface area contributed by atoms with Gasteiger partial charge in [-0.1, -0.05) is 32.0 Å². The van der Waals surface area contributed by atoms with Gasteiger partial charge in [0.25, 0.3) is 18.9 Å². The van der Waals surface area contributed by atoms with Crippen molar-refractivity contribution in [2.75, 3.05) is 23.8 Å². The summed E-state index contributed by atoms with van der Waals surface area (Å²) in [6.45, 7) is -2.73. The molecular weight excluding hydrogens is 831 g/mol. The minimum absolute atomic E-state index is 0.0183. The van der Waals surface area contributed by atoms with E-state index >= 15 is 8.78 Å². The average molecular weight is 862 g/mol. The molecule has 0 aliphatic carbocycles. The third-order valence-electron chi connectivity index (χ3n) is 9.25. The van der Waals surface area contributed by atoms with Crippen molar-refractivity contribution in [3.63, 3.8) is 0 Å². The van der Waals surface area contributed by atoms with Gasteiger partial charge >= 0.3 is 6.72 Å². The lowest BCUT2D eigenvalue weighted by Crippen LogP contribution is -2.37. The number of amides is 2. The first-order chi connectivity index (χ1) is 27.6. The number of halogens is 2. The van der Waals surface area contributed by atoms with Gasteiger partial charge in [0.05, 0.1) is 25.9 Å². The molecule has 21 nitrogen and oxygen atoms in total. The van der Waals surface area contributed by atoms with Gasteiger partial charge in [-0.05, 0) is 23.9 Å². The van der Waals surface area contributed by atoms with Crippen LogP contribution in [0.1, 0.15) is 36.7 Å². The van der Waals surface area contributed by atoms with Crippen molar-refractivity contribution in [1.82, 2.24) is 39.0 Å². The molecule has 7 heterocycles. The fourth-order valence-electron chi connectivity index (χ4n) is 6.42. The molecule has 3 fully saturated rings. The maximum atomic E-state index is 16.4. The minimum atomic E-state index is -4.74. The van der Waals surface area contributed by atoms with E-state index in [1.807, 2.05) is 0 Å². The molecule has 3 aliphatic heterocycles. The number of carbonyl (C=O) groups excluding carboxylic acids is 2. The van der Waals surface area contributed by atoms with Crippen LogP contribution in [0.25, 0.3) is 22.3 Å². The van der Waals surface area contributed by atoms with Crippen molar-refractivity contribution in [1.29, 1.82) is 0 Å². The molecule has 0 saturated carbocycles. The van der Waals surface area contributed by atoms with E-state index in [9.17, 15) is 23.8 Å². The molecule has 2 unspecified atom stereocenters. The largest absolute Gasteiger partial charge is 0.346 e. The number of benzene rings is 1. The van der Waals surface area contributed by atoms with Crippen LogP contribution in [0.5, 0.6) is 0 Å². The number of rotatable bonds is 6. The zero-order chi connectivity index (χ0) is 41.1. The maximum absolute atomic E-state index is 16.4. The molecule has 304 valence electrons. The number of nitrogens with one attached hydrogen (secondary N) is 3. The van der Waals surface area contributed by atoms with E-state index in [2.05, 4.69) is 40.5 Å². The van der Waals surface area contributed by atoms with Gasteiger partial charge in [0.2, 0.25) is 19.4 Å². The lowest BCUT2D eigenvalue weighted by Gasteiger charge is -2.29. The number of aromatic amines is 1. The highest BCUT2D eigenvalue weighted by Crippen LogP contribution is 2.54. The number of anilines is 2. The number of imidazole rings is 2. The van der Waals surface area contributed by atoms with Gasteiger partial charge in [-0.3, -0.25) is 42.9 Å². The number of hydrogen-bond donors (Lipinski definition) is 4. The molecule has 3 saturated heterocycles. The minimum Gasteiger partial charge on any atom is -0.346 e. The average Bonchev–Trinajstić information content (AvgIpc) is 3.94. The van der Waals surface area contributed by atoms with Gasteiger partial charge in [0.1, 0.15) is 30.7 Å². The van der Waals surface area contributed by atoms with Gasteiger partial charge in [-0.2, -0.15) is 4.98 Å². The summed E-state index contributed by atoms with van der Waals surface area (Å²) >= 11 is 5.21. The number of hydrogen-bond acceptors (Lipinski definition) is 16. The predicted molar refractivity (Wildman–Crippen MR) is 200 cm³/mol. The van der Waals surface area contributed by atoms with E-state index < -0.39 is 99.9 Å². The van der Waals surface area contributed by atoms with Crippen LogP contribution in [0.2, 0.25) is 0 Å². The Bertz CT molecular complexity index is 2550. The Kier molecular flexibility index (Phi) is 10.9. The zero-order valence-electron chi connectivity index (χ0n) is 30.0. The van der Waals surface area contributed by atoms with Crippen LogP contribution in [0.4, 0.5) is 20.5 Å². The second kappa shape index (κ2) is 15.6. The van der Waals surface area contributed by atoms with E-state index in [0.29, 0.717) is 5.56 Å². The van der Waals surface area contributed by atoms with Crippen LogP contribution in [-0.2, 0) is 48.7 Å². The van der Waals surface area contributed by atoms with Crippen LogP contribution < -0.4 is 16.2 Å². The molecule has 4 N–H and O–H groups in total. The number of alkyl halides is 2. The van der Waals surface area contributed by atoms with Gasteiger partial charge in [-0.25, -0.2) is 28.7 Å². The second-order valence-corrected chi connectivity index (χ2v) is 17.8. The van der Waals surface area contributed by atoms with Crippen molar-refractivity contribution in [2.24, 2.45) is 5.92 Å². The lowest BCUT2D eigenvalue weighted by molar-refractivity contribution is -0.118. The van der Waals surface area contributed by atoms with Crippen molar-refractivity contribution in [2.45, 2.75) is 63.1 Å². The van der Waals surface area contributed by atoms with E-state index in [4.69, 9.17) is 46.9 Å². The molecule has 10 atom stereocenters. The van der Waals surface area contributed by atoms with Crippen molar-refractivity contribution < 1.29 is 55.4 Å². The maximum Gasteiger partial charge on any atom is 0.325 e. The fourth-order valence-corrected chi connectivity index (χ4v) is 8.86. The summed E-state index contributed by atoms with van der Waals surface area (Å²) in [5.41, 5.74) is -0.730. The van der Waals surface area contributed by atoms with Crippen LogP contribution in [0.15, 0.2) is 54.1 Å². The van der Waals surface area contributed by atoms with Gasteiger partial charge in [0.15, 0.2) is 52.9 Å². The summed E-state index contributed by atoms with van der Waals surface area (Å²) in [5, 5.41) is 5.10. The molecule has 8 rings (SSSR count). The smallest absolute Gasteiger partial charge is 0.325 e. The Morgan fingerprint density at radius 3 is 2.22 bits per heavy atom. The molecule has 2 amide bonds. The number of fused-ring (bicyclic) bond motifs is 4. The molecule has 3 aliphatic rings. The number of H-pyrrole nitrogens is 1. The van der Waals surface area contributed by atoms with E-state index in [1.54, 1.807) is 44.2 Å². The molecule has 27 heteroatoms. The first-order valence-corrected chi connectivity index (χ1v) is 21.6. The molecule has 1 aromatic carbocycles. The Morgan fingerprint density at radius 1 is 0.931 bits per heavy atom. The molecule has 0 bridgehead atoms. The third kappa shape index (κ3) is 7.86. The quantitative estimate of drug-likeness (QED) is 0.141. The number of carbonyl (C=O) groups is 2. The summed E-state index contributed by atoms with van der Waals surface area (Å²) < 4.78 is 82.4. The van der Waals surface area contributed by atoms with Crippen LogP contribution in [0.3, 0.4) is 0 Å². The van der Waals surface area contributed by atoms with Gasteiger partial charge in [-0.15, -0.1) is 0 Å². The Balaban J connectivity index is 1.03. The highest BCUT2D eigenvalue weighted by molar-refractivity contribution is 8.07. The summed E-state index contributed by atoms with van der Waals surface area (Å²) in [6, 6.07) is 8.30. The molecule has 5 aromatic rings. The number of aromatic nitrogens is 8. The summed E-state index contributed by atoms with van der Waals surface area (Å²) in [6.07, 6.45) is -10.8. The summed E-state index contributed by atoms with van der Waals surface area (Å²) in [5.74, 6) is -1.65. The first kappa shape index (κ1) is 40.4. The fraction of sp³-hybridized carbons (Fsp3) is 0.419. The predicted octanol–water partition coefficient (Wildman–Crippen LogP) is 2.59. The molecule has 58 heavy (non-hydrogen) atoms. The monoisotopic (exact) mass is 862 g/mol. The highest BCUT2D eigenvalue weighted by Gasteiger charge is 2.54. The topological polar surface area (TPSA) is 258 Å². The molecule has 0 spiro atoms. The van der Waals surface area contributed by atoms with Gasteiger partial charge < -0.3 is 33.3 Å². The van der Waals surface area contributed by atoms with Crippen LogP contribution >= 0.6 is 14.2 Å². The molecule has 2 radical (unpaired) electrons.